The van der Waals surface area contributed by atoms with E-state index in [0.29, 0.717) is 34.4 Å². The van der Waals surface area contributed by atoms with Gasteiger partial charge in [0.25, 0.3) is 0 Å². The zero-order valence-electron chi connectivity index (χ0n) is 18.4. The van der Waals surface area contributed by atoms with Crippen molar-refractivity contribution >= 4 is 10.8 Å². The molecule has 0 spiro atoms. The first-order valence-electron chi connectivity index (χ1n) is 10.7. The molecule has 0 aliphatic rings. The van der Waals surface area contributed by atoms with E-state index < -0.39 is 29.6 Å². The van der Waals surface area contributed by atoms with Crippen molar-refractivity contribution in [1.82, 2.24) is 4.98 Å². The monoisotopic (exact) mass is 491 g/mol. The average Bonchev–Trinajstić information content (AvgIpc) is 2.81. The van der Waals surface area contributed by atoms with Crippen molar-refractivity contribution in [2.75, 3.05) is 6.61 Å². The molecule has 9 heteroatoms. The van der Waals surface area contributed by atoms with E-state index in [9.17, 15) is 22.0 Å². The molecule has 0 unspecified atom stereocenters. The second-order valence-corrected chi connectivity index (χ2v) is 7.72. The molecule has 182 valence electrons. The van der Waals surface area contributed by atoms with Gasteiger partial charge >= 0.3 is 6.36 Å². The van der Waals surface area contributed by atoms with Crippen molar-refractivity contribution in [3.8, 4) is 22.8 Å². The van der Waals surface area contributed by atoms with Crippen LogP contribution < -0.4 is 9.47 Å². The number of pyridine rings is 1. The molecule has 3 nitrogen and oxygen atoms in total. The van der Waals surface area contributed by atoms with Crippen LogP contribution in [0, 0.1) is 17.5 Å². The maximum Gasteiger partial charge on any atom is 0.573 e. The predicted octanol–water partition coefficient (Wildman–Crippen LogP) is 7.40. The Morgan fingerprint density at radius 2 is 1.60 bits per heavy atom. The summed E-state index contributed by atoms with van der Waals surface area (Å²) in [5.74, 6) is -4.31. The number of aryl methyl sites for hydroxylation is 2. The summed E-state index contributed by atoms with van der Waals surface area (Å²) in [6, 6.07) is 13.6. The number of benzene rings is 3. The van der Waals surface area contributed by atoms with Gasteiger partial charge in [0.15, 0.2) is 11.6 Å². The van der Waals surface area contributed by atoms with Crippen LogP contribution in [0.1, 0.15) is 18.1 Å². The molecule has 0 amide bonds. The normalized spacial score (nSPS) is 11.6. The van der Waals surface area contributed by atoms with Crippen LogP contribution in [0.5, 0.6) is 11.5 Å². The van der Waals surface area contributed by atoms with E-state index in [0.717, 1.165) is 17.7 Å². The van der Waals surface area contributed by atoms with E-state index in [-0.39, 0.29) is 18.4 Å². The molecule has 35 heavy (non-hydrogen) atoms. The van der Waals surface area contributed by atoms with Crippen molar-refractivity contribution < 1.29 is 35.8 Å². The van der Waals surface area contributed by atoms with Crippen molar-refractivity contribution in [2.45, 2.75) is 26.1 Å². The highest BCUT2D eigenvalue weighted by atomic mass is 19.4. The highest BCUT2D eigenvalue weighted by Gasteiger charge is 2.34. The second kappa shape index (κ2) is 9.85. The summed E-state index contributed by atoms with van der Waals surface area (Å²) in [5, 5.41) is 1.01. The molecule has 3 aromatic carbocycles. The highest BCUT2D eigenvalue weighted by Crippen LogP contribution is 2.31. The van der Waals surface area contributed by atoms with Gasteiger partial charge in [-0.05, 0) is 66.6 Å². The van der Waals surface area contributed by atoms with Gasteiger partial charge in [-0.1, -0.05) is 24.3 Å². The smallest absolute Gasteiger partial charge is 0.492 e. The first-order valence-corrected chi connectivity index (χ1v) is 10.7. The van der Waals surface area contributed by atoms with Crippen molar-refractivity contribution in [3.63, 3.8) is 0 Å². The summed E-state index contributed by atoms with van der Waals surface area (Å²) in [7, 11) is 0. The molecule has 4 aromatic rings. The second-order valence-electron chi connectivity index (χ2n) is 7.72. The van der Waals surface area contributed by atoms with Crippen molar-refractivity contribution in [1.29, 1.82) is 0 Å². The number of hydrogen-bond donors (Lipinski definition) is 0. The Balaban J connectivity index is 1.53. The molecule has 0 bridgehead atoms. The molecular formula is C26H19F6NO2. The molecule has 0 N–H and O–H groups in total. The molecule has 4 rings (SSSR count). The Hall–Kier alpha value is -3.75. The fourth-order valence-electron chi connectivity index (χ4n) is 3.74. The van der Waals surface area contributed by atoms with Crippen molar-refractivity contribution in [2.24, 2.45) is 0 Å². The Morgan fingerprint density at radius 3 is 2.23 bits per heavy atom. The van der Waals surface area contributed by atoms with Gasteiger partial charge in [-0.25, -0.2) is 13.2 Å². The molecule has 1 aromatic heterocycles. The summed E-state index contributed by atoms with van der Waals surface area (Å²) in [6.45, 7) is 2.40. The van der Waals surface area contributed by atoms with Crippen LogP contribution in [0.15, 0.2) is 60.8 Å². The lowest BCUT2D eigenvalue weighted by molar-refractivity contribution is -0.276. The topological polar surface area (TPSA) is 31.4 Å². The fraction of sp³-hybridized carbons (Fsp3) is 0.192. The van der Waals surface area contributed by atoms with Gasteiger partial charge in [0.1, 0.15) is 11.6 Å². The van der Waals surface area contributed by atoms with Crippen LogP contribution in [0.25, 0.3) is 22.0 Å². The first kappa shape index (κ1) is 24.4. The molecule has 0 atom stereocenters. The van der Waals surface area contributed by atoms with Crippen LogP contribution in [0.2, 0.25) is 0 Å². The van der Waals surface area contributed by atoms with Gasteiger partial charge in [0.2, 0.25) is 5.75 Å². The summed E-state index contributed by atoms with van der Waals surface area (Å²) in [4.78, 5) is 4.37. The SMILES string of the molecule is CCOc1ccc(-c2ccc3c(F)c(CCc4cc(F)c(OC(F)(F)F)c(F)c4)ccc3c2)nc1. The minimum absolute atomic E-state index is 0.0107. The zero-order chi connectivity index (χ0) is 25.2. The number of halogens is 6. The van der Waals surface area contributed by atoms with Gasteiger partial charge in [-0.15, -0.1) is 13.2 Å². The Kier molecular flexibility index (Phi) is 6.86. The molecule has 0 saturated heterocycles. The van der Waals surface area contributed by atoms with E-state index in [2.05, 4.69) is 9.72 Å². The maximum absolute atomic E-state index is 15.1. The molecule has 1 heterocycles. The number of fused-ring (bicyclic) bond motifs is 1. The molecule has 0 saturated carbocycles. The number of rotatable bonds is 7. The average molecular weight is 491 g/mol. The van der Waals surface area contributed by atoms with Crippen molar-refractivity contribution in [3.05, 3.63) is 89.4 Å². The number of alkyl halides is 3. The van der Waals surface area contributed by atoms with E-state index in [1.54, 1.807) is 48.7 Å². The maximum atomic E-state index is 15.1. The summed E-state index contributed by atoms with van der Waals surface area (Å²) in [6.07, 6.45) is -3.51. The number of hydrogen-bond acceptors (Lipinski definition) is 3. The fourth-order valence-corrected chi connectivity index (χ4v) is 3.74. The van der Waals surface area contributed by atoms with Gasteiger partial charge in [0, 0.05) is 10.9 Å². The molecular weight excluding hydrogens is 472 g/mol. The molecule has 0 radical (unpaired) electrons. The summed E-state index contributed by atoms with van der Waals surface area (Å²) >= 11 is 0. The lowest BCUT2D eigenvalue weighted by atomic mass is 9.98. The number of aromatic nitrogens is 1. The third kappa shape index (κ3) is 5.67. The van der Waals surface area contributed by atoms with Gasteiger partial charge in [-0.3, -0.25) is 4.98 Å². The molecule has 0 aliphatic heterocycles. The minimum atomic E-state index is -5.22. The minimum Gasteiger partial charge on any atom is -0.492 e. The third-order valence-electron chi connectivity index (χ3n) is 5.34. The number of nitrogens with zero attached hydrogens (tertiary/aromatic N) is 1. The highest BCUT2D eigenvalue weighted by molar-refractivity contribution is 5.88. The largest absolute Gasteiger partial charge is 0.573 e. The molecule has 0 aliphatic carbocycles. The Morgan fingerprint density at radius 1 is 0.857 bits per heavy atom. The van der Waals surface area contributed by atoms with E-state index in [4.69, 9.17) is 4.74 Å². The van der Waals surface area contributed by atoms with Crippen LogP contribution in [0.3, 0.4) is 0 Å². The predicted molar refractivity (Wildman–Crippen MR) is 119 cm³/mol. The number of ether oxygens (including phenoxy) is 2. The zero-order valence-corrected chi connectivity index (χ0v) is 18.4. The lowest BCUT2D eigenvalue weighted by Crippen LogP contribution is -2.19. The lowest BCUT2D eigenvalue weighted by Gasteiger charge is -2.12. The van der Waals surface area contributed by atoms with Crippen LogP contribution in [0.4, 0.5) is 26.3 Å². The van der Waals surface area contributed by atoms with Crippen LogP contribution in [-0.4, -0.2) is 18.0 Å². The Bertz CT molecular complexity index is 1330. The standard InChI is InChI=1S/C26H19F6NO2/c1-2-34-19-8-10-23(33-14-19)18-7-9-20-17(13-18)6-5-16(24(20)29)4-3-15-11-21(27)25(22(28)12-15)35-26(30,31)32/h5-14H,2-4H2,1H3. The molecule has 0 fully saturated rings. The van der Waals surface area contributed by atoms with Gasteiger partial charge in [-0.2, -0.15) is 0 Å². The van der Waals surface area contributed by atoms with E-state index in [1.807, 2.05) is 6.92 Å². The van der Waals surface area contributed by atoms with Gasteiger partial charge in [0.05, 0.1) is 18.5 Å². The van der Waals surface area contributed by atoms with Crippen LogP contribution in [-0.2, 0) is 12.8 Å². The van der Waals surface area contributed by atoms with Gasteiger partial charge < -0.3 is 9.47 Å². The summed E-state index contributed by atoms with van der Waals surface area (Å²) < 4.78 is 88.7. The van der Waals surface area contributed by atoms with Crippen LogP contribution >= 0.6 is 0 Å². The quantitative estimate of drug-likeness (QED) is 0.253. The first-order chi connectivity index (χ1) is 16.6. The Labute approximate surface area is 196 Å². The van der Waals surface area contributed by atoms with E-state index >= 15 is 4.39 Å². The van der Waals surface area contributed by atoms with E-state index in [1.165, 1.54) is 0 Å². The third-order valence-corrected chi connectivity index (χ3v) is 5.34. The summed E-state index contributed by atoms with van der Waals surface area (Å²) in [5.41, 5.74) is 1.87.